The Morgan fingerprint density at radius 3 is 2.58 bits per heavy atom. The van der Waals surface area contributed by atoms with Gasteiger partial charge >= 0.3 is 0 Å². The van der Waals surface area contributed by atoms with E-state index in [0.29, 0.717) is 19.1 Å². The summed E-state index contributed by atoms with van der Waals surface area (Å²) in [5.41, 5.74) is 6.33. The number of nitrogens with two attached hydrogens (primary N) is 1. The molecule has 1 aliphatic carbocycles. The molecule has 1 amide bonds. The molecule has 1 aliphatic heterocycles. The molecule has 0 bridgehead atoms. The lowest BCUT2D eigenvalue weighted by Crippen LogP contribution is -2.56. The van der Waals surface area contributed by atoms with Crippen LogP contribution in [-0.4, -0.2) is 54.2 Å². The normalized spacial score (nSPS) is 31.5. The van der Waals surface area contributed by atoms with Crippen molar-refractivity contribution in [3.8, 4) is 0 Å². The maximum Gasteiger partial charge on any atom is 0.223 e. The lowest BCUT2D eigenvalue weighted by molar-refractivity contribution is -0.137. The van der Waals surface area contributed by atoms with Crippen LogP contribution in [0.4, 0.5) is 0 Å². The first-order chi connectivity index (χ1) is 11.5. The maximum atomic E-state index is 12.5. The Balaban J connectivity index is 1.82. The Morgan fingerprint density at radius 2 is 1.96 bits per heavy atom. The Bertz CT molecular complexity index is 384. The highest BCUT2D eigenvalue weighted by molar-refractivity contribution is 7.98. The summed E-state index contributed by atoms with van der Waals surface area (Å²) in [7, 11) is 0. The van der Waals surface area contributed by atoms with E-state index in [9.17, 15) is 4.79 Å². The number of nitrogens with zero attached hydrogens (tertiary/aromatic N) is 1. The van der Waals surface area contributed by atoms with Crippen molar-refractivity contribution in [1.29, 1.82) is 0 Å². The van der Waals surface area contributed by atoms with Gasteiger partial charge in [0.2, 0.25) is 5.91 Å². The highest BCUT2D eigenvalue weighted by Crippen LogP contribution is 2.31. The molecule has 0 radical (unpaired) electrons. The topological polar surface area (TPSA) is 55.6 Å². The van der Waals surface area contributed by atoms with Crippen LogP contribution in [0.1, 0.15) is 58.8 Å². The summed E-state index contributed by atoms with van der Waals surface area (Å²) in [5.74, 6) is 2.77. The van der Waals surface area contributed by atoms with Gasteiger partial charge < -0.3 is 15.4 Å². The smallest absolute Gasteiger partial charge is 0.223 e. The fourth-order valence-corrected chi connectivity index (χ4v) is 4.48. The molecule has 1 saturated carbocycles. The summed E-state index contributed by atoms with van der Waals surface area (Å²) in [6, 6.07) is 0.125. The van der Waals surface area contributed by atoms with Gasteiger partial charge in [-0.2, -0.15) is 11.8 Å². The number of hydrogen-bond acceptors (Lipinski definition) is 4. The van der Waals surface area contributed by atoms with E-state index in [1.807, 2.05) is 11.2 Å². The van der Waals surface area contributed by atoms with Gasteiger partial charge in [0.05, 0.1) is 18.8 Å². The summed E-state index contributed by atoms with van der Waals surface area (Å²) < 4.78 is 6.23. The van der Waals surface area contributed by atoms with Gasteiger partial charge in [0, 0.05) is 24.8 Å². The quantitative estimate of drug-likeness (QED) is 0.760. The second kappa shape index (κ2) is 10.0. The molecule has 2 aliphatic rings. The van der Waals surface area contributed by atoms with Gasteiger partial charge in [-0.3, -0.25) is 4.79 Å². The Kier molecular flexibility index (Phi) is 8.38. The third-order valence-corrected chi connectivity index (χ3v) is 6.45. The lowest BCUT2D eigenvalue weighted by Gasteiger charge is -2.41. The Labute approximate surface area is 152 Å². The van der Waals surface area contributed by atoms with E-state index in [1.165, 1.54) is 12.8 Å². The van der Waals surface area contributed by atoms with Crippen molar-refractivity contribution < 1.29 is 9.53 Å². The molecule has 24 heavy (non-hydrogen) atoms. The predicted octanol–water partition coefficient (Wildman–Crippen LogP) is 3.29. The first-order valence-electron chi connectivity index (χ1n) is 9.68. The van der Waals surface area contributed by atoms with Crippen LogP contribution in [0.25, 0.3) is 0 Å². The Morgan fingerprint density at radius 1 is 1.25 bits per heavy atom. The molecule has 0 aromatic rings. The summed E-state index contributed by atoms with van der Waals surface area (Å²) >= 11 is 1.72. The first-order valence-corrected chi connectivity index (χ1v) is 11.1. The second-order valence-corrected chi connectivity index (χ2v) is 8.80. The van der Waals surface area contributed by atoms with Gasteiger partial charge in [0.25, 0.3) is 0 Å². The number of rotatable bonds is 7. The Hall–Kier alpha value is -0.260. The average molecular weight is 357 g/mol. The van der Waals surface area contributed by atoms with E-state index < -0.39 is 0 Å². The SMILES string of the molecule is CSCCC(=O)N1CCCC(N)C1COC1CCC(C(C)C)CC1. The van der Waals surface area contributed by atoms with Crippen LogP contribution in [0.15, 0.2) is 0 Å². The van der Waals surface area contributed by atoms with Crippen molar-refractivity contribution in [2.45, 2.75) is 77.0 Å². The highest BCUT2D eigenvalue weighted by Gasteiger charge is 2.33. The van der Waals surface area contributed by atoms with Crippen molar-refractivity contribution in [1.82, 2.24) is 4.90 Å². The molecular formula is C19H36N2O2S. The number of thioether (sulfide) groups is 1. The average Bonchev–Trinajstić information content (AvgIpc) is 2.58. The summed E-state index contributed by atoms with van der Waals surface area (Å²) in [4.78, 5) is 14.5. The molecule has 2 N–H and O–H groups in total. The third kappa shape index (κ3) is 5.63. The number of likely N-dealkylation sites (tertiary alicyclic amines) is 1. The molecule has 5 heteroatoms. The molecule has 0 aromatic carbocycles. The minimum Gasteiger partial charge on any atom is -0.376 e. The molecule has 2 rings (SSSR count). The maximum absolute atomic E-state index is 12.5. The number of hydrogen-bond donors (Lipinski definition) is 1. The van der Waals surface area contributed by atoms with Crippen molar-refractivity contribution in [2.75, 3.05) is 25.2 Å². The number of ether oxygens (including phenoxy) is 1. The zero-order chi connectivity index (χ0) is 17.5. The molecule has 4 nitrogen and oxygen atoms in total. The first kappa shape index (κ1) is 20.1. The molecule has 2 fully saturated rings. The number of carbonyl (C=O) groups is 1. The van der Waals surface area contributed by atoms with E-state index >= 15 is 0 Å². The molecule has 0 aromatic heterocycles. The van der Waals surface area contributed by atoms with Gasteiger partial charge in [-0.1, -0.05) is 13.8 Å². The molecule has 1 saturated heterocycles. The molecule has 0 spiro atoms. The van der Waals surface area contributed by atoms with Crippen LogP contribution >= 0.6 is 11.8 Å². The molecular weight excluding hydrogens is 320 g/mol. The van der Waals surface area contributed by atoms with Gasteiger partial charge in [0.15, 0.2) is 0 Å². The zero-order valence-corrected chi connectivity index (χ0v) is 16.5. The van der Waals surface area contributed by atoms with Crippen molar-refractivity contribution in [2.24, 2.45) is 17.6 Å². The van der Waals surface area contributed by atoms with Gasteiger partial charge in [-0.05, 0) is 56.6 Å². The number of piperidine rings is 1. The number of carbonyl (C=O) groups excluding carboxylic acids is 1. The summed E-state index contributed by atoms with van der Waals surface area (Å²) in [6.07, 6.45) is 9.90. The van der Waals surface area contributed by atoms with E-state index in [4.69, 9.17) is 10.5 Å². The minimum atomic E-state index is 0.0592. The zero-order valence-electron chi connectivity index (χ0n) is 15.7. The summed E-state index contributed by atoms with van der Waals surface area (Å²) in [6.45, 7) is 6.11. The van der Waals surface area contributed by atoms with E-state index in [2.05, 4.69) is 13.8 Å². The second-order valence-electron chi connectivity index (χ2n) is 7.82. The van der Waals surface area contributed by atoms with Gasteiger partial charge in [-0.15, -0.1) is 0 Å². The van der Waals surface area contributed by atoms with E-state index in [1.54, 1.807) is 11.8 Å². The molecule has 2 atom stereocenters. The van der Waals surface area contributed by atoms with E-state index in [-0.39, 0.29) is 18.0 Å². The molecule has 2 unspecified atom stereocenters. The van der Waals surface area contributed by atoms with Gasteiger partial charge in [-0.25, -0.2) is 0 Å². The summed E-state index contributed by atoms with van der Waals surface area (Å²) in [5, 5.41) is 0. The fourth-order valence-electron chi connectivity index (χ4n) is 4.10. The van der Waals surface area contributed by atoms with E-state index in [0.717, 1.165) is 49.8 Å². The van der Waals surface area contributed by atoms with Crippen LogP contribution in [-0.2, 0) is 9.53 Å². The number of amides is 1. The third-order valence-electron chi connectivity index (χ3n) is 5.84. The van der Waals surface area contributed by atoms with Crippen LogP contribution in [0.2, 0.25) is 0 Å². The minimum absolute atomic E-state index is 0.0592. The largest absolute Gasteiger partial charge is 0.376 e. The standard InChI is InChI=1S/C19H36N2O2S/c1-14(2)15-6-8-16(9-7-15)23-13-18-17(20)5-4-11-21(18)19(22)10-12-24-3/h14-18H,4-13,20H2,1-3H3. The van der Waals surface area contributed by atoms with Crippen molar-refractivity contribution in [3.05, 3.63) is 0 Å². The van der Waals surface area contributed by atoms with Crippen LogP contribution in [0.5, 0.6) is 0 Å². The monoisotopic (exact) mass is 356 g/mol. The van der Waals surface area contributed by atoms with Crippen LogP contribution in [0, 0.1) is 11.8 Å². The van der Waals surface area contributed by atoms with Crippen LogP contribution < -0.4 is 5.73 Å². The van der Waals surface area contributed by atoms with Crippen LogP contribution in [0.3, 0.4) is 0 Å². The van der Waals surface area contributed by atoms with Crippen molar-refractivity contribution >= 4 is 17.7 Å². The van der Waals surface area contributed by atoms with Gasteiger partial charge in [0.1, 0.15) is 0 Å². The lowest BCUT2D eigenvalue weighted by atomic mass is 9.80. The molecule has 1 heterocycles. The van der Waals surface area contributed by atoms with Crippen molar-refractivity contribution in [3.63, 3.8) is 0 Å². The fraction of sp³-hybridized carbons (Fsp3) is 0.947. The molecule has 140 valence electrons. The highest BCUT2D eigenvalue weighted by atomic mass is 32.2. The predicted molar refractivity (Wildman–Crippen MR) is 102 cm³/mol.